The Bertz CT molecular complexity index is 501. The van der Waals surface area contributed by atoms with E-state index >= 15 is 0 Å². The van der Waals surface area contributed by atoms with Crippen molar-refractivity contribution in [3.8, 4) is 10.8 Å². The van der Waals surface area contributed by atoms with Crippen LogP contribution in [0.2, 0.25) is 0 Å². The van der Waals surface area contributed by atoms with Gasteiger partial charge in [-0.1, -0.05) is 6.92 Å². The highest BCUT2D eigenvalue weighted by atomic mass is 32.1. The predicted octanol–water partition coefficient (Wildman–Crippen LogP) is 2.61. The van der Waals surface area contributed by atoms with Crippen LogP contribution in [0.5, 0.6) is 0 Å². The van der Waals surface area contributed by atoms with Crippen molar-refractivity contribution in [3.05, 3.63) is 22.9 Å². The first kappa shape index (κ1) is 10.9. The normalized spacial score (nSPS) is 15.4. The SMILES string of the molecule is CCc1ccsc1-c1nnc(CNC2CC2)o1. The number of nitrogens with zero attached hydrogens (tertiary/aromatic N) is 2. The van der Waals surface area contributed by atoms with Crippen molar-refractivity contribution in [1.29, 1.82) is 0 Å². The summed E-state index contributed by atoms with van der Waals surface area (Å²) < 4.78 is 5.67. The molecule has 4 nitrogen and oxygen atoms in total. The largest absolute Gasteiger partial charge is 0.419 e. The Morgan fingerprint density at radius 3 is 3.12 bits per heavy atom. The van der Waals surface area contributed by atoms with E-state index < -0.39 is 0 Å². The Kier molecular flexibility index (Phi) is 2.94. The predicted molar refractivity (Wildman–Crippen MR) is 66.9 cm³/mol. The minimum absolute atomic E-state index is 0.657. The van der Waals surface area contributed by atoms with Crippen LogP contribution in [0.1, 0.15) is 31.2 Å². The van der Waals surface area contributed by atoms with Crippen molar-refractivity contribution in [2.24, 2.45) is 0 Å². The van der Waals surface area contributed by atoms with Gasteiger partial charge in [-0.25, -0.2) is 0 Å². The molecule has 0 spiro atoms. The first-order chi connectivity index (χ1) is 8.36. The van der Waals surface area contributed by atoms with Gasteiger partial charge in [0.15, 0.2) is 0 Å². The van der Waals surface area contributed by atoms with Crippen LogP contribution in [0, 0.1) is 0 Å². The highest BCUT2D eigenvalue weighted by Crippen LogP contribution is 2.29. The fourth-order valence-corrected chi connectivity index (χ4v) is 2.65. The first-order valence-electron chi connectivity index (χ1n) is 5.99. The van der Waals surface area contributed by atoms with E-state index in [-0.39, 0.29) is 0 Å². The molecule has 1 saturated carbocycles. The Hall–Kier alpha value is -1.20. The third-order valence-electron chi connectivity index (χ3n) is 2.91. The molecule has 1 N–H and O–H groups in total. The molecule has 3 rings (SSSR count). The summed E-state index contributed by atoms with van der Waals surface area (Å²) in [7, 11) is 0. The number of aryl methyl sites for hydroxylation is 1. The van der Waals surface area contributed by atoms with E-state index in [0.717, 1.165) is 11.3 Å². The zero-order valence-electron chi connectivity index (χ0n) is 9.77. The van der Waals surface area contributed by atoms with Gasteiger partial charge in [-0.15, -0.1) is 21.5 Å². The summed E-state index contributed by atoms with van der Waals surface area (Å²) in [5.74, 6) is 1.34. The van der Waals surface area contributed by atoms with Crippen molar-refractivity contribution < 1.29 is 4.42 Å². The third kappa shape index (κ3) is 2.40. The molecular formula is C12H15N3OS. The fourth-order valence-electron chi connectivity index (χ4n) is 1.74. The molecule has 0 aliphatic heterocycles. The lowest BCUT2D eigenvalue weighted by Crippen LogP contribution is -2.15. The molecule has 5 heteroatoms. The van der Waals surface area contributed by atoms with Crippen molar-refractivity contribution in [2.75, 3.05) is 0 Å². The number of thiophene rings is 1. The number of aromatic nitrogens is 2. The quantitative estimate of drug-likeness (QED) is 0.885. The maximum Gasteiger partial charge on any atom is 0.258 e. The second kappa shape index (κ2) is 4.58. The molecule has 0 unspecified atom stereocenters. The third-order valence-corrected chi connectivity index (χ3v) is 3.85. The van der Waals surface area contributed by atoms with E-state index in [9.17, 15) is 0 Å². The van der Waals surface area contributed by atoms with Crippen LogP contribution in [-0.2, 0) is 13.0 Å². The monoisotopic (exact) mass is 249 g/mol. The summed E-state index contributed by atoms with van der Waals surface area (Å²) in [6, 6.07) is 2.78. The molecule has 1 fully saturated rings. The van der Waals surface area contributed by atoms with Gasteiger partial charge in [-0.2, -0.15) is 0 Å². The van der Waals surface area contributed by atoms with E-state index in [1.54, 1.807) is 11.3 Å². The number of hydrogen-bond acceptors (Lipinski definition) is 5. The lowest BCUT2D eigenvalue weighted by atomic mass is 10.2. The van der Waals surface area contributed by atoms with Crippen LogP contribution in [-0.4, -0.2) is 16.2 Å². The van der Waals surface area contributed by atoms with Gasteiger partial charge < -0.3 is 9.73 Å². The van der Waals surface area contributed by atoms with Gasteiger partial charge in [-0.05, 0) is 36.3 Å². The Labute approximate surface area is 104 Å². The molecule has 0 aromatic carbocycles. The van der Waals surface area contributed by atoms with Gasteiger partial charge in [0.25, 0.3) is 5.89 Å². The average Bonchev–Trinajstić information content (AvgIpc) is 2.89. The lowest BCUT2D eigenvalue weighted by Gasteiger charge is -1.96. The van der Waals surface area contributed by atoms with Crippen molar-refractivity contribution in [3.63, 3.8) is 0 Å². The number of hydrogen-bond donors (Lipinski definition) is 1. The molecule has 17 heavy (non-hydrogen) atoms. The second-order valence-corrected chi connectivity index (χ2v) is 5.20. The Morgan fingerprint density at radius 1 is 1.47 bits per heavy atom. The molecule has 1 aliphatic carbocycles. The standard InChI is InChI=1S/C12H15N3OS/c1-2-8-5-6-17-11(8)12-15-14-10(16-12)7-13-9-3-4-9/h5-6,9,13H,2-4,7H2,1H3. The van der Waals surface area contributed by atoms with Crippen molar-refractivity contribution >= 4 is 11.3 Å². The second-order valence-electron chi connectivity index (χ2n) is 4.28. The Morgan fingerprint density at radius 2 is 2.35 bits per heavy atom. The number of nitrogens with one attached hydrogen (secondary N) is 1. The molecule has 0 saturated heterocycles. The van der Waals surface area contributed by atoms with Crippen LogP contribution in [0.15, 0.2) is 15.9 Å². The Balaban J connectivity index is 1.74. The van der Waals surface area contributed by atoms with Crippen LogP contribution in [0.25, 0.3) is 10.8 Å². The minimum Gasteiger partial charge on any atom is -0.419 e. The van der Waals surface area contributed by atoms with E-state index in [4.69, 9.17) is 4.42 Å². The van der Waals surface area contributed by atoms with Crippen LogP contribution in [0.4, 0.5) is 0 Å². The highest BCUT2D eigenvalue weighted by Gasteiger charge is 2.21. The van der Waals surface area contributed by atoms with Gasteiger partial charge in [0.1, 0.15) is 0 Å². The summed E-state index contributed by atoms with van der Waals surface area (Å²) in [4.78, 5) is 1.11. The topological polar surface area (TPSA) is 51.0 Å². The zero-order chi connectivity index (χ0) is 11.7. The minimum atomic E-state index is 0.657. The molecule has 0 bridgehead atoms. The van der Waals surface area contributed by atoms with Crippen molar-refractivity contribution in [1.82, 2.24) is 15.5 Å². The van der Waals surface area contributed by atoms with E-state index in [2.05, 4.69) is 33.9 Å². The molecular weight excluding hydrogens is 234 g/mol. The van der Waals surface area contributed by atoms with Gasteiger partial charge in [0, 0.05) is 6.04 Å². The van der Waals surface area contributed by atoms with E-state index in [1.165, 1.54) is 18.4 Å². The summed E-state index contributed by atoms with van der Waals surface area (Å²) in [6.45, 7) is 2.82. The van der Waals surface area contributed by atoms with E-state index in [0.29, 0.717) is 24.4 Å². The lowest BCUT2D eigenvalue weighted by molar-refractivity contribution is 0.477. The van der Waals surface area contributed by atoms with Crippen LogP contribution < -0.4 is 5.32 Å². The fraction of sp³-hybridized carbons (Fsp3) is 0.500. The molecule has 0 atom stereocenters. The molecule has 1 aliphatic rings. The summed E-state index contributed by atoms with van der Waals surface area (Å²) in [6.07, 6.45) is 3.54. The molecule has 90 valence electrons. The number of rotatable bonds is 5. The van der Waals surface area contributed by atoms with Crippen LogP contribution in [0.3, 0.4) is 0 Å². The van der Waals surface area contributed by atoms with Gasteiger partial charge in [0.05, 0.1) is 11.4 Å². The van der Waals surface area contributed by atoms with Gasteiger partial charge in [0.2, 0.25) is 5.89 Å². The first-order valence-corrected chi connectivity index (χ1v) is 6.87. The van der Waals surface area contributed by atoms with E-state index in [1.807, 2.05) is 0 Å². The molecule has 2 heterocycles. The maximum atomic E-state index is 5.67. The summed E-state index contributed by atoms with van der Waals surface area (Å²) in [5.41, 5.74) is 1.28. The zero-order valence-corrected chi connectivity index (χ0v) is 10.6. The molecule has 2 aromatic heterocycles. The summed E-state index contributed by atoms with van der Waals surface area (Å²) >= 11 is 1.66. The van der Waals surface area contributed by atoms with Crippen LogP contribution >= 0.6 is 11.3 Å². The van der Waals surface area contributed by atoms with Gasteiger partial charge >= 0.3 is 0 Å². The molecule has 2 aromatic rings. The van der Waals surface area contributed by atoms with Gasteiger partial charge in [-0.3, -0.25) is 0 Å². The average molecular weight is 249 g/mol. The highest BCUT2D eigenvalue weighted by molar-refractivity contribution is 7.13. The van der Waals surface area contributed by atoms with Crippen molar-refractivity contribution in [2.45, 2.75) is 38.8 Å². The summed E-state index contributed by atoms with van der Waals surface area (Å²) in [5, 5.41) is 13.6. The smallest absolute Gasteiger partial charge is 0.258 e. The molecule has 0 amide bonds. The molecule has 0 radical (unpaired) electrons. The maximum absolute atomic E-state index is 5.67.